The van der Waals surface area contributed by atoms with Crippen LogP contribution in [0.5, 0.6) is 5.75 Å². The van der Waals surface area contributed by atoms with E-state index in [-0.39, 0.29) is 11.6 Å². The molecule has 13 nitrogen and oxygen atoms in total. The van der Waals surface area contributed by atoms with Crippen molar-refractivity contribution >= 4 is 30.3 Å². The predicted octanol–water partition coefficient (Wildman–Crippen LogP) is 2.12. The van der Waals surface area contributed by atoms with E-state index in [0.717, 1.165) is 9.95 Å². The fourth-order valence-electron chi connectivity index (χ4n) is 4.31. The lowest BCUT2D eigenvalue weighted by Gasteiger charge is -2.29. The molecule has 1 aromatic heterocycles. The number of ether oxygens (including phenoxy) is 2. The quantitative estimate of drug-likeness (QED) is 0.204. The van der Waals surface area contributed by atoms with Gasteiger partial charge in [0.1, 0.15) is 35.9 Å². The maximum absolute atomic E-state index is 14.2. The van der Waals surface area contributed by atoms with E-state index in [1.165, 1.54) is 26.1 Å². The van der Waals surface area contributed by atoms with Crippen molar-refractivity contribution in [2.24, 2.45) is 0 Å². The summed E-state index contributed by atoms with van der Waals surface area (Å²) in [7, 11) is -4.38. The second kappa shape index (κ2) is 12.0. The molecule has 40 heavy (non-hydrogen) atoms. The lowest BCUT2D eigenvalue weighted by molar-refractivity contribution is -0.149. The Morgan fingerprint density at radius 2 is 1.80 bits per heavy atom. The second-order valence-corrected chi connectivity index (χ2v) is 11.4. The molecule has 14 heteroatoms. The Balaban J connectivity index is 1.61. The lowest BCUT2D eigenvalue weighted by Crippen LogP contribution is -2.41. The molecule has 1 saturated heterocycles. The van der Waals surface area contributed by atoms with Crippen LogP contribution >= 0.6 is 7.75 Å². The number of aliphatic hydroxyl groups excluding tert-OH is 2. The molecule has 0 amide bonds. The van der Waals surface area contributed by atoms with Crippen molar-refractivity contribution in [3.8, 4) is 5.75 Å². The highest BCUT2D eigenvalue weighted by molar-refractivity contribution is 7.52. The van der Waals surface area contributed by atoms with E-state index in [1.807, 2.05) is 18.2 Å². The number of aromatic nitrogens is 2. The second-order valence-electron chi connectivity index (χ2n) is 9.73. The molecule has 3 aromatic rings. The van der Waals surface area contributed by atoms with Crippen LogP contribution in [0, 0.1) is 0 Å². The molecule has 1 aliphatic rings. The van der Waals surface area contributed by atoms with Crippen LogP contribution in [0.4, 0.5) is 5.82 Å². The van der Waals surface area contributed by atoms with Gasteiger partial charge in [0.2, 0.25) is 0 Å². The Kier molecular flexibility index (Phi) is 8.93. The molecular formula is C26H33N4O9P. The van der Waals surface area contributed by atoms with Gasteiger partial charge >= 0.3 is 19.4 Å². The van der Waals surface area contributed by atoms with Crippen LogP contribution in [0.1, 0.15) is 33.9 Å². The number of esters is 1. The molecule has 0 spiro atoms. The van der Waals surface area contributed by atoms with Crippen molar-refractivity contribution in [2.45, 2.75) is 70.5 Å². The molecular weight excluding hydrogens is 543 g/mol. The van der Waals surface area contributed by atoms with Crippen LogP contribution in [0.3, 0.4) is 0 Å². The van der Waals surface area contributed by atoms with Crippen LogP contribution in [0.15, 0.2) is 59.5 Å². The number of aliphatic hydroxyl groups is 2. The van der Waals surface area contributed by atoms with E-state index in [9.17, 15) is 24.4 Å². The lowest BCUT2D eigenvalue weighted by atomic mass is 10.1. The zero-order valence-corrected chi connectivity index (χ0v) is 23.3. The van der Waals surface area contributed by atoms with Crippen LogP contribution < -0.4 is 21.0 Å². The number of anilines is 1. The van der Waals surface area contributed by atoms with Gasteiger partial charge < -0.3 is 29.9 Å². The van der Waals surface area contributed by atoms with Gasteiger partial charge in [0, 0.05) is 11.6 Å². The molecule has 5 N–H and O–H groups in total. The van der Waals surface area contributed by atoms with E-state index in [4.69, 9.17) is 24.3 Å². The third-order valence-electron chi connectivity index (χ3n) is 6.19. The Bertz CT molecular complexity index is 1460. The molecule has 7 atom stereocenters. The number of nitrogens with two attached hydrogens (primary N) is 1. The number of rotatable bonds is 10. The van der Waals surface area contributed by atoms with Gasteiger partial charge in [0.15, 0.2) is 6.23 Å². The highest BCUT2D eigenvalue weighted by Crippen LogP contribution is 2.49. The summed E-state index contributed by atoms with van der Waals surface area (Å²) in [5, 5.41) is 25.5. The first-order chi connectivity index (χ1) is 18.9. The highest BCUT2D eigenvalue weighted by Gasteiger charge is 2.49. The number of nitrogens with one attached hydrogen (secondary N) is 1. The first-order valence-electron chi connectivity index (χ1n) is 12.7. The summed E-state index contributed by atoms with van der Waals surface area (Å²) in [5.74, 6) is -0.489. The first-order valence-corrected chi connectivity index (χ1v) is 14.2. The van der Waals surface area contributed by atoms with Crippen LogP contribution in [0.2, 0.25) is 0 Å². The Morgan fingerprint density at radius 3 is 2.50 bits per heavy atom. The molecule has 2 aromatic carbocycles. The van der Waals surface area contributed by atoms with Crippen molar-refractivity contribution in [1.29, 1.82) is 0 Å². The molecule has 0 saturated carbocycles. The third kappa shape index (κ3) is 6.52. The minimum absolute atomic E-state index is 0.0229. The maximum Gasteiger partial charge on any atom is 0.459 e. The van der Waals surface area contributed by atoms with Crippen LogP contribution in [0.25, 0.3) is 10.8 Å². The monoisotopic (exact) mass is 576 g/mol. The van der Waals surface area contributed by atoms with Gasteiger partial charge in [-0.15, -0.1) is 0 Å². The zero-order valence-electron chi connectivity index (χ0n) is 22.4. The third-order valence-corrected chi connectivity index (χ3v) is 7.94. The largest absolute Gasteiger partial charge is 0.462 e. The van der Waals surface area contributed by atoms with Crippen molar-refractivity contribution in [1.82, 2.24) is 14.6 Å². The Morgan fingerprint density at radius 1 is 1.10 bits per heavy atom. The molecule has 0 radical (unpaired) electrons. The SMILES string of the molecule is CC(C)OC(=O)C(C)NP(=O)(Oc1cccc2ccccc12)OC(C)C1OC(n2ccc(N)nc2=O)C(O)C1O. The summed E-state index contributed by atoms with van der Waals surface area (Å²) in [5.41, 5.74) is 4.74. The summed E-state index contributed by atoms with van der Waals surface area (Å²) in [4.78, 5) is 28.4. The average Bonchev–Trinajstić information content (AvgIpc) is 3.18. The van der Waals surface area contributed by atoms with E-state index < -0.39 is 62.2 Å². The molecule has 2 heterocycles. The minimum Gasteiger partial charge on any atom is -0.462 e. The number of benzene rings is 2. The number of nitrogen functional groups attached to an aromatic ring is 1. The number of carbonyl (C=O) groups is 1. The predicted molar refractivity (Wildman–Crippen MR) is 145 cm³/mol. The number of fused-ring (bicyclic) bond motifs is 1. The van der Waals surface area contributed by atoms with E-state index in [1.54, 1.807) is 38.1 Å². The highest BCUT2D eigenvalue weighted by atomic mass is 31.2. The summed E-state index contributed by atoms with van der Waals surface area (Å²) < 4.78 is 37.9. The molecule has 0 aliphatic carbocycles. The maximum atomic E-state index is 14.2. The molecule has 216 valence electrons. The Hall–Kier alpha value is -3.32. The minimum atomic E-state index is -4.38. The van der Waals surface area contributed by atoms with E-state index >= 15 is 0 Å². The smallest absolute Gasteiger partial charge is 0.459 e. The molecule has 1 fully saturated rings. The van der Waals surface area contributed by atoms with Gasteiger partial charge in [-0.3, -0.25) is 13.9 Å². The van der Waals surface area contributed by atoms with Gasteiger partial charge in [-0.05, 0) is 45.2 Å². The summed E-state index contributed by atoms with van der Waals surface area (Å²) >= 11 is 0. The first kappa shape index (κ1) is 29.7. The van der Waals surface area contributed by atoms with Gasteiger partial charge in [-0.1, -0.05) is 36.4 Å². The van der Waals surface area contributed by atoms with E-state index in [2.05, 4.69) is 10.1 Å². The molecule has 4 rings (SSSR count). The normalized spacial score (nSPS) is 24.0. The average molecular weight is 577 g/mol. The summed E-state index contributed by atoms with van der Waals surface area (Å²) in [6.45, 7) is 6.25. The topological polar surface area (TPSA) is 184 Å². The summed E-state index contributed by atoms with van der Waals surface area (Å²) in [6.07, 6.45) is -5.98. The van der Waals surface area contributed by atoms with Gasteiger partial charge in [-0.2, -0.15) is 10.1 Å². The number of hydrogen-bond acceptors (Lipinski definition) is 11. The number of carbonyl (C=O) groups excluding carboxylic acids is 1. The zero-order chi connectivity index (χ0) is 29.2. The van der Waals surface area contributed by atoms with Crippen LogP contribution in [-0.4, -0.2) is 62.3 Å². The van der Waals surface area contributed by atoms with Crippen molar-refractivity contribution in [2.75, 3.05) is 5.73 Å². The van der Waals surface area contributed by atoms with Crippen molar-refractivity contribution < 1.29 is 38.1 Å². The van der Waals surface area contributed by atoms with E-state index in [0.29, 0.717) is 5.39 Å². The number of nitrogens with zero attached hydrogens (tertiary/aromatic N) is 2. The number of hydrogen-bond donors (Lipinski definition) is 4. The Labute approximate surface area is 230 Å². The molecule has 7 unspecified atom stereocenters. The standard InChI is InChI=1S/C26H33N4O9P/c1-14(2)36-25(33)15(3)29-40(35,39-19-11-7-9-17-8-5-6-10-18(17)19)38-16(4)23-21(31)22(32)24(37-23)30-13-12-20(27)28-26(30)34/h5-16,21-24,31-32H,1-4H3,(H,29,35)(H2,27,28,34). The fourth-order valence-corrected chi connectivity index (χ4v) is 6.02. The van der Waals surface area contributed by atoms with Crippen molar-refractivity contribution in [3.63, 3.8) is 0 Å². The van der Waals surface area contributed by atoms with Gasteiger partial charge in [0.05, 0.1) is 12.2 Å². The van der Waals surface area contributed by atoms with Crippen LogP contribution in [-0.2, 0) is 23.4 Å². The molecule has 0 bridgehead atoms. The van der Waals surface area contributed by atoms with Gasteiger partial charge in [-0.25, -0.2) is 9.36 Å². The summed E-state index contributed by atoms with van der Waals surface area (Å²) in [6, 6.07) is 12.7. The van der Waals surface area contributed by atoms with Crippen molar-refractivity contribution in [3.05, 3.63) is 65.2 Å². The van der Waals surface area contributed by atoms with Gasteiger partial charge in [0.25, 0.3) is 0 Å². The molecule has 1 aliphatic heterocycles. The fraction of sp³-hybridized carbons (Fsp3) is 0.423.